The molecule has 0 saturated heterocycles. The van der Waals surface area contributed by atoms with Crippen LogP contribution in [0.3, 0.4) is 0 Å². The zero-order chi connectivity index (χ0) is 14.6. The first-order valence-corrected chi connectivity index (χ1v) is 7.83. The Balaban J connectivity index is 2.17. The fraction of sp³-hybridized carbons (Fsp3) is 0. The van der Waals surface area contributed by atoms with Crippen LogP contribution in [0, 0.1) is 0 Å². The highest BCUT2D eigenvalue weighted by atomic mass is 35.5. The molecule has 0 aliphatic heterocycles. The van der Waals surface area contributed by atoms with Gasteiger partial charge in [-0.2, -0.15) is 0 Å². The van der Waals surface area contributed by atoms with E-state index in [1.54, 1.807) is 36.4 Å². The van der Waals surface area contributed by atoms with Crippen molar-refractivity contribution in [2.45, 2.75) is 0 Å². The zero-order valence-corrected chi connectivity index (χ0v) is 12.5. The Labute approximate surface area is 127 Å². The summed E-state index contributed by atoms with van der Waals surface area (Å²) < 4.78 is 26.0. The van der Waals surface area contributed by atoms with Gasteiger partial charge >= 0.3 is 0 Å². The molecule has 0 fully saturated rings. The Hall–Kier alpha value is -1.56. The predicted octanol–water partition coefficient (Wildman–Crippen LogP) is 3.80. The minimum absolute atomic E-state index is 0.249. The molecule has 0 atom stereocenters. The van der Waals surface area contributed by atoms with Crippen molar-refractivity contribution in [3.63, 3.8) is 0 Å². The van der Waals surface area contributed by atoms with Crippen molar-refractivity contribution in [2.24, 2.45) is 0 Å². The van der Waals surface area contributed by atoms with Gasteiger partial charge in [-0.25, -0.2) is 13.4 Å². The maximum atomic E-state index is 11.8. The number of rotatable bonds is 4. The molecular weight excluding hydrogens is 319 g/mol. The molecule has 104 valence electrons. The summed E-state index contributed by atoms with van der Waals surface area (Å²) >= 11 is 11.7. The Bertz CT molecular complexity index is 731. The van der Waals surface area contributed by atoms with Crippen molar-refractivity contribution >= 4 is 45.1 Å². The molecule has 0 radical (unpaired) electrons. The molecule has 1 N–H and O–H groups in total. The molecule has 0 aliphatic carbocycles. The van der Waals surface area contributed by atoms with E-state index in [0.717, 1.165) is 5.41 Å². The summed E-state index contributed by atoms with van der Waals surface area (Å²) in [5, 5.41) is 1.89. The summed E-state index contributed by atoms with van der Waals surface area (Å²) in [5.41, 5.74) is 0.558. The van der Waals surface area contributed by atoms with Gasteiger partial charge in [0, 0.05) is 16.2 Å². The number of hydrogen-bond acceptors (Lipinski definition) is 3. The lowest BCUT2D eigenvalue weighted by molar-refractivity contribution is 0.609. The second-order valence-electron chi connectivity index (χ2n) is 3.83. The van der Waals surface area contributed by atoms with Crippen LogP contribution in [0.25, 0.3) is 6.08 Å². The van der Waals surface area contributed by atoms with Gasteiger partial charge in [-0.3, -0.25) is 4.72 Å². The first-order chi connectivity index (χ1) is 9.46. The Morgan fingerprint density at radius 2 is 1.95 bits per heavy atom. The van der Waals surface area contributed by atoms with Gasteiger partial charge < -0.3 is 0 Å². The number of pyridine rings is 1. The quantitative estimate of drug-likeness (QED) is 0.928. The van der Waals surface area contributed by atoms with E-state index >= 15 is 0 Å². The summed E-state index contributed by atoms with van der Waals surface area (Å²) in [7, 11) is -3.64. The van der Waals surface area contributed by atoms with E-state index in [2.05, 4.69) is 9.71 Å². The van der Waals surface area contributed by atoms with Crippen molar-refractivity contribution in [2.75, 3.05) is 4.72 Å². The molecule has 1 aromatic heterocycles. The fourth-order valence-electron chi connectivity index (χ4n) is 1.40. The smallest absolute Gasteiger partial charge is 0.256 e. The van der Waals surface area contributed by atoms with Crippen LogP contribution in [0.5, 0.6) is 0 Å². The summed E-state index contributed by atoms with van der Waals surface area (Å²) in [6, 6.07) is 9.75. The number of hydrogen-bond donors (Lipinski definition) is 1. The Kier molecular flexibility index (Phi) is 4.65. The highest BCUT2D eigenvalue weighted by molar-refractivity contribution is 7.95. The number of sulfonamides is 1. The van der Waals surface area contributed by atoms with Crippen molar-refractivity contribution < 1.29 is 8.42 Å². The Morgan fingerprint density at radius 1 is 1.15 bits per heavy atom. The molecule has 0 unspecified atom stereocenters. The highest BCUT2D eigenvalue weighted by Gasteiger charge is 2.06. The minimum atomic E-state index is -3.64. The lowest BCUT2D eigenvalue weighted by Crippen LogP contribution is -2.09. The maximum absolute atomic E-state index is 11.8. The number of nitrogens with one attached hydrogen (secondary N) is 1. The molecule has 1 heterocycles. The molecular formula is C13H10Cl2N2O2S. The van der Waals surface area contributed by atoms with Gasteiger partial charge in [0.2, 0.25) is 0 Å². The number of aromatic nitrogens is 1. The first kappa shape index (κ1) is 14.8. The molecule has 1 aromatic carbocycles. The third-order valence-corrected chi connectivity index (χ3v) is 3.85. The zero-order valence-electron chi connectivity index (χ0n) is 10.1. The third-order valence-electron chi connectivity index (χ3n) is 2.30. The van der Waals surface area contributed by atoms with Gasteiger partial charge in [0.1, 0.15) is 5.82 Å². The van der Waals surface area contributed by atoms with E-state index in [9.17, 15) is 8.42 Å². The minimum Gasteiger partial charge on any atom is -0.264 e. The molecule has 7 heteroatoms. The lowest BCUT2D eigenvalue weighted by atomic mass is 10.2. The van der Waals surface area contributed by atoms with Crippen molar-refractivity contribution in [3.05, 3.63) is 63.6 Å². The molecule has 20 heavy (non-hydrogen) atoms. The average Bonchev–Trinajstić information content (AvgIpc) is 2.38. The van der Waals surface area contributed by atoms with Gasteiger partial charge in [0.25, 0.3) is 10.0 Å². The van der Waals surface area contributed by atoms with Crippen molar-refractivity contribution in [1.82, 2.24) is 4.98 Å². The number of anilines is 1. The van der Waals surface area contributed by atoms with Crippen LogP contribution in [-0.4, -0.2) is 13.4 Å². The second kappa shape index (κ2) is 6.26. The van der Waals surface area contributed by atoms with E-state index < -0.39 is 10.0 Å². The van der Waals surface area contributed by atoms with E-state index in [0.29, 0.717) is 15.6 Å². The molecule has 4 nitrogen and oxygen atoms in total. The van der Waals surface area contributed by atoms with Crippen LogP contribution < -0.4 is 4.72 Å². The first-order valence-electron chi connectivity index (χ1n) is 5.53. The van der Waals surface area contributed by atoms with Gasteiger partial charge in [-0.1, -0.05) is 35.3 Å². The molecule has 0 bridgehead atoms. The molecule has 0 amide bonds. The number of halogens is 2. The summed E-state index contributed by atoms with van der Waals surface area (Å²) in [5.74, 6) is 0.249. The monoisotopic (exact) mass is 328 g/mol. The summed E-state index contributed by atoms with van der Waals surface area (Å²) in [6.45, 7) is 0. The van der Waals surface area contributed by atoms with Crippen LogP contribution >= 0.6 is 23.2 Å². The van der Waals surface area contributed by atoms with Crippen LogP contribution in [0.15, 0.2) is 48.0 Å². The fourth-order valence-corrected chi connectivity index (χ4v) is 2.68. The van der Waals surface area contributed by atoms with Gasteiger partial charge in [0.15, 0.2) is 0 Å². The average molecular weight is 329 g/mol. The van der Waals surface area contributed by atoms with E-state index in [1.165, 1.54) is 12.3 Å². The summed E-state index contributed by atoms with van der Waals surface area (Å²) in [6.07, 6.45) is 2.89. The van der Waals surface area contributed by atoms with Crippen LogP contribution in [-0.2, 0) is 10.0 Å². The van der Waals surface area contributed by atoms with E-state index in [-0.39, 0.29) is 5.82 Å². The Morgan fingerprint density at radius 3 is 2.60 bits per heavy atom. The van der Waals surface area contributed by atoms with E-state index in [4.69, 9.17) is 23.2 Å². The number of benzene rings is 1. The van der Waals surface area contributed by atoms with Crippen LogP contribution in [0.4, 0.5) is 5.82 Å². The maximum Gasteiger partial charge on any atom is 0.256 e. The van der Waals surface area contributed by atoms with Gasteiger partial charge in [-0.05, 0) is 35.9 Å². The normalized spacial score (nSPS) is 11.7. The molecule has 0 saturated carbocycles. The number of nitrogens with zero attached hydrogens (tertiary/aromatic N) is 1. The van der Waals surface area contributed by atoms with Crippen molar-refractivity contribution in [1.29, 1.82) is 0 Å². The van der Waals surface area contributed by atoms with E-state index in [1.807, 2.05) is 0 Å². The predicted molar refractivity (Wildman–Crippen MR) is 82.3 cm³/mol. The van der Waals surface area contributed by atoms with Gasteiger partial charge in [0.05, 0.1) is 5.41 Å². The summed E-state index contributed by atoms with van der Waals surface area (Å²) in [4.78, 5) is 3.88. The highest BCUT2D eigenvalue weighted by Crippen LogP contribution is 2.22. The van der Waals surface area contributed by atoms with Crippen molar-refractivity contribution in [3.8, 4) is 0 Å². The molecule has 0 aliphatic rings. The van der Waals surface area contributed by atoms with Crippen LogP contribution in [0.2, 0.25) is 10.0 Å². The lowest BCUT2D eigenvalue weighted by Gasteiger charge is -2.03. The SMILES string of the molecule is O=S(=O)(/C=C/c1ccc(Cl)cc1Cl)Nc1ccccn1. The molecule has 2 aromatic rings. The molecule has 0 spiro atoms. The topological polar surface area (TPSA) is 59.1 Å². The largest absolute Gasteiger partial charge is 0.264 e. The molecule has 2 rings (SSSR count). The van der Waals surface area contributed by atoms with Gasteiger partial charge in [-0.15, -0.1) is 0 Å². The van der Waals surface area contributed by atoms with Crippen LogP contribution in [0.1, 0.15) is 5.56 Å². The third kappa shape index (κ3) is 4.23. The standard InChI is InChI=1S/C13H10Cl2N2O2S/c14-11-5-4-10(12(15)9-11)6-8-20(18,19)17-13-3-1-2-7-16-13/h1-9H,(H,16,17)/b8-6+. The second-order valence-corrected chi connectivity index (χ2v) is 6.24.